The minimum atomic E-state index is 0. The fourth-order valence-electron chi connectivity index (χ4n) is 3.42. The zero-order chi connectivity index (χ0) is 15.6. The maximum Gasteiger partial charge on any atom is 0.254 e. The van der Waals surface area contributed by atoms with E-state index in [1.54, 1.807) is 6.20 Å². The van der Waals surface area contributed by atoms with E-state index >= 15 is 0 Å². The van der Waals surface area contributed by atoms with Gasteiger partial charge in [-0.25, -0.2) is 0 Å². The van der Waals surface area contributed by atoms with Crippen LogP contribution < -0.4 is 10.6 Å². The van der Waals surface area contributed by atoms with Crippen molar-refractivity contribution in [3.63, 3.8) is 0 Å². The molecule has 0 bridgehead atoms. The Kier molecular flexibility index (Phi) is 6.64. The lowest BCUT2D eigenvalue weighted by Crippen LogP contribution is -2.48. The molecule has 0 aliphatic carbocycles. The number of pyridine rings is 1. The van der Waals surface area contributed by atoms with E-state index in [1.807, 2.05) is 41.4 Å². The summed E-state index contributed by atoms with van der Waals surface area (Å²) >= 11 is 0. The van der Waals surface area contributed by atoms with Crippen molar-refractivity contribution in [1.29, 1.82) is 0 Å². The van der Waals surface area contributed by atoms with Crippen molar-refractivity contribution in [2.45, 2.75) is 12.5 Å². The van der Waals surface area contributed by atoms with E-state index in [0.29, 0.717) is 6.54 Å². The van der Waals surface area contributed by atoms with Gasteiger partial charge in [-0.15, -0.1) is 24.8 Å². The number of anilines is 1. The summed E-state index contributed by atoms with van der Waals surface area (Å²) in [6.07, 6.45) is 4.61. The number of hydrogen-bond donors (Lipinski definition) is 2. The van der Waals surface area contributed by atoms with E-state index in [4.69, 9.17) is 0 Å². The first-order valence-corrected chi connectivity index (χ1v) is 8.11. The molecule has 0 radical (unpaired) electrons. The lowest BCUT2D eigenvalue weighted by atomic mass is 10.0. The molecule has 0 spiro atoms. The number of aromatic nitrogens is 1. The molecule has 1 aromatic heterocycles. The number of benzene rings is 1. The number of halogens is 2. The van der Waals surface area contributed by atoms with Gasteiger partial charge in [0.15, 0.2) is 0 Å². The molecule has 1 aromatic carbocycles. The molecule has 1 saturated heterocycles. The van der Waals surface area contributed by atoms with Crippen molar-refractivity contribution in [1.82, 2.24) is 15.2 Å². The maximum absolute atomic E-state index is 13.0. The Morgan fingerprint density at radius 1 is 1.20 bits per heavy atom. The molecule has 1 atom stereocenters. The number of amides is 1. The van der Waals surface area contributed by atoms with Crippen LogP contribution in [-0.4, -0.2) is 42.0 Å². The highest BCUT2D eigenvalue weighted by molar-refractivity contribution is 5.95. The first kappa shape index (κ1) is 19.5. The Hall–Kier alpha value is -1.82. The summed E-state index contributed by atoms with van der Waals surface area (Å²) in [6.45, 7) is 3.27. The smallest absolute Gasteiger partial charge is 0.254 e. The van der Waals surface area contributed by atoms with Crippen LogP contribution >= 0.6 is 24.8 Å². The summed E-state index contributed by atoms with van der Waals surface area (Å²) < 4.78 is 0. The van der Waals surface area contributed by atoms with Crippen LogP contribution in [0.25, 0.3) is 0 Å². The Labute approximate surface area is 160 Å². The van der Waals surface area contributed by atoms with Crippen molar-refractivity contribution < 1.29 is 4.79 Å². The number of nitrogens with zero attached hydrogens (tertiary/aromatic N) is 2. The van der Waals surface area contributed by atoms with Crippen LogP contribution in [0.15, 0.2) is 42.7 Å². The highest BCUT2D eigenvalue weighted by Gasteiger charge is 2.29. The second kappa shape index (κ2) is 8.52. The second-order valence-corrected chi connectivity index (χ2v) is 6.05. The van der Waals surface area contributed by atoms with E-state index in [-0.39, 0.29) is 36.8 Å². The largest absolute Gasteiger partial charge is 0.384 e. The Bertz CT molecular complexity index is 726. The van der Waals surface area contributed by atoms with Crippen molar-refractivity contribution in [3.05, 3.63) is 59.4 Å². The summed E-state index contributed by atoms with van der Waals surface area (Å²) in [6, 6.07) is 10.0. The van der Waals surface area contributed by atoms with Crippen LogP contribution in [-0.2, 0) is 6.42 Å². The highest BCUT2D eigenvalue weighted by atomic mass is 35.5. The lowest BCUT2D eigenvalue weighted by molar-refractivity contribution is 0.0634. The van der Waals surface area contributed by atoms with Gasteiger partial charge < -0.3 is 15.5 Å². The zero-order valence-electron chi connectivity index (χ0n) is 13.8. The van der Waals surface area contributed by atoms with Gasteiger partial charge in [-0.05, 0) is 41.8 Å². The van der Waals surface area contributed by atoms with Crippen LogP contribution in [0.5, 0.6) is 0 Å². The third-order valence-electron chi connectivity index (χ3n) is 4.64. The topological polar surface area (TPSA) is 57.3 Å². The molecule has 0 saturated carbocycles. The molecule has 3 heterocycles. The molecule has 1 amide bonds. The van der Waals surface area contributed by atoms with E-state index in [0.717, 1.165) is 42.9 Å². The molecule has 134 valence electrons. The minimum absolute atomic E-state index is 0. The van der Waals surface area contributed by atoms with Gasteiger partial charge in [-0.1, -0.05) is 6.07 Å². The minimum Gasteiger partial charge on any atom is -0.384 e. The van der Waals surface area contributed by atoms with Crippen LogP contribution in [0.1, 0.15) is 27.5 Å². The first-order valence-electron chi connectivity index (χ1n) is 8.11. The van der Waals surface area contributed by atoms with Gasteiger partial charge >= 0.3 is 0 Å². The lowest BCUT2D eigenvalue weighted by Gasteiger charge is -2.36. The van der Waals surface area contributed by atoms with Gasteiger partial charge in [-0.2, -0.15) is 0 Å². The molecule has 2 aliphatic rings. The third kappa shape index (κ3) is 3.89. The van der Waals surface area contributed by atoms with Gasteiger partial charge in [0.25, 0.3) is 5.91 Å². The summed E-state index contributed by atoms with van der Waals surface area (Å²) in [5.74, 6) is 0.107. The molecule has 4 rings (SSSR count). The molecule has 7 heteroatoms. The van der Waals surface area contributed by atoms with Crippen LogP contribution in [0, 0.1) is 0 Å². The molecule has 1 unspecified atom stereocenters. The Balaban J connectivity index is 0.00000113. The number of nitrogens with one attached hydrogen (secondary N) is 2. The number of carbonyl (C=O) groups excluding carboxylic acids is 1. The molecule has 25 heavy (non-hydrogen) atoms. The quantitative estimate of drug-likeness (QED) is 0.840. The summed E-state index contributed by atoms with van der Waals surface area (Å²) in [4.78, 5) is 19.2. The van der Waals surface area contributed by atoms with Gasteiger partial charge in [0.2, 0.25) is 0 Å². The van der Waals surface area contributed by atoms with Crippen LogP contribution in [0.2, 0.25) is 0 Å². The number of fused-ring (bicyclic) bond motifs is 1. The number of hydrogen-bond acceptors (Lipinski definition) is 4. The van der Waals surface area contributed by atoms with E-state index in [2.05, 4.69) is 15.6 Å². The molecule has 1 fully saturated rings. The average molecular weight is 381 g/mol. The fourth-order valence-corrected chi connectivity index (χ4v) is 3.42. The third-order valence-corrected chi connectivity index (χ3v) is 4.64. The molecule has 2 N–H and O–H groups in total. The van der Waals surface area contributed by atoms with Gasteiger partial charge in [0.05, 0.1) is 6.04 Å². The molecular formula is C18H22Cl2N4O. The van der Waals surface area contributed by atoms with Crippen LogP contribution in [0.3, 0.4) is 0 Å². The van der Waals surface area contributed by atoms with Gasteiger partial charge in [-0.3, -0.25) is 9.78 Å². The summed E-state index contributed by atoms with van der Waals surface area (Å²) in [5.41, 5.74) is 4.26. The van der Waals surface area contributed by atoms with Crippen molar-refractivity contribution in [2.75, 3.05) is 31.5 Å². The molecule has 5 nitrogen and oxygen atoms in total. The van der Waals surface area contributed by atoms with Crippen LogP contribution in [0.4, 0.5) is 5.69 Å². The molecule has 2 aromatic rings. The predicted molar refractivity (Wildman–Crippen MR) is 104 cm³/mol. The van der Waals surface area contributed by atoms with E-state index < -0.39 is 0 Å². The first-order chi connectivity index (χ1) is 11.3. The summed E-state index contributed by atoms with van der Waals surface area (Å²) in [5, 5.41) is 6.72. The number of rotatable bonds is 2. The Morgan fingerprint density at radius 2 is 2.08 bits per heavy atom. The number of carbonyl (C=O) groups is 1. The molecular weight excluding hydrogens is 359 g/mol. The Morgan fingerprint density at radius 3 is 2.88 bits per heavy atom. The SMILES string of the molecule is Cl.Cl.O=C(c1ccc2c(c1)CCN2)N1CCNCC1c1cccnc1. The molecule has 2 aliphatic heterocycles. The fraction of sp³-hybridized carbons (Fsp3) is 0.333. The van der Waals surface area contributed by atoms with Gasteiger partial charge in [0, 0.05) is 49.8 Å². The normalized spacial score (nSPS) is 18.4. The second-order valence-electron chi connectivity index (χ2n) is 6.05. The summed E-state index contributed by atoms with van der Waals surface area (Å²) in [7, 11) is 0. The van der Waals surface area contributed by atoms with Crippen molar-refractivity contribution in [2.24, 2.45) is 0 Å². The average Bonchev–Trinajstić information content (AvgIpc) is 3.09. The number of piperazine rings is 1. The zero-order valence-corrected chi connectivity index (χ0v) is 15.4. The standard InChI is InChI=1S/C18H20N4O.2ClH/c23-18(14-3-4-16-13(10-14)5-7-21-16)22-9-8-20-12-17(22)15-2-1-6-19-11-15;;/h1-4,6,10-11,17,20-21H,5,7-9,12H2;2*1H. The van der Waals surface area contributed by atoms with E-state index in [1.165, 1.54) is 5.56 Å². The maximum atomic E-state index is 13.0. The van der Waals surface area contributed by atoms with E-state index in [9.17, 15) is 4.79 Å². The highest BCUT2D eigenvalue weighted by Crippen LogP contribution is 2.27. The van der Waals surface area contributed by atoms with Gasteiger partial charge in [0.1, 0.15) is 0 Å². The van der Waals surface area contributed by atoms with Crippen molar-refractivity contribution >= 4 is 36.4 Å². The van der Waals surface area contributed by atoms with Crippen molar-refractivity contribution in [3.8, 4) is 0 Å². The predicted octanol–water partition coefficient (Wildman–Crippen LogP) is 2.68. The monoisotopic (exact) mass is 380 g/mol.